The molecule has 0 spiro atoms. The van der Waals surface area contributed by atoms with E-state index >= 15 is 0 Å². The van der Waals surface area contributed by atoms with E-state index in [1.165, 1.54) is 22.5 Å². The molecule has 0 radical (unpaired) electrons. The highest BCUT2D eigenvalue weighted by Crippen LogP contribution is 2.26. The number of anilines is 1. The van der Waals surface area contributed by atoms with Gasteiger partial charge in [-0.05, 0) is 43.0 Å². The lowest BCUT2D eigenvalue weighted by Crippen LogP contribution is -2.40. The third-order valence-corrected chi connectivity index (χ3v) is 5.46. The number of hydrogen-bond acceptors (Lipinski definition) is 5. The smallest absolute Gasteiger partial charge is 0.243 e. The van der Waals surface area contributed by atoms with Crippen molar-refractivity contribution >= 4 is 22.4 Å². The van der Waals surface area contributed by atoms with Crippen molar-refractivity contribution in [1.82, 2.24) is 9.88 Å². The highest BCUT2D eigenvalue weighted by atomic mass is 32.1. The van der Waals surface area contributed by atoms with Gasteiger partial charge in [0.05, 0.1) is 12.6 Å². The molecule has 1 aromatic carbocycles. The van der Waals surface area contributed by atoms with E-state index in [2.05, 4.69) is 33.4 Å². The molecule has 2 aliphatic heterocycles. The SMILES string of the molecule is O=C(Nc1nccs1)C1CCCN1CCc1ccc2c(c1)CCO2. The van der Waals surface area contributed by atoms with Crippen LogP contribution in [0.5, 0.6) is 5.75 Å². The second kappa shape index (κ2) is 6.91. The number of ether oxygens (including phenoxy) is 1. The van der Waals surface area contributed by atoms with E-state index in [0.717, 1.165) is 51.1 Å². The van der Waals surface area contributed by atoms with E-state index in [1.807, 2.05) is 5.38 Å². The van der Waals surface area contributed by atoms with Gasteiger partial charge in [-0.3, -0.25) is 9.69 Å². The summed E-state index contributed by atoms with van der Waals surface area (Å²) < 4.78 is 5.56. The van der Waals surface area contributed by atoms with Crippen LogP contribution in [-0.2, 0) is 17.6 Å². The van der Waals surface area contributed by atoms with Crippen LogP contribution in [0.4, 0.5) is 5.13 Å². The predicted molar refractivity (Wildman–Crippen MR) is 94.7 cm³/mol. The first-order chi connectivity index (χ1) is 11.8. The largest absolute Gasteiger partial charge is 0.493 e. The Kier molecular flexibility index (Phi) is 4.49. The Labute approximate surface area is 145 Å². The summed E-state index contributed by atoms with van der Waals surface area (Å²) in [6, 6.07) is 6.44. The fraction of sp³-hybridized carbons (Fsp3) is 0.444. The molecule has 0 aliphatic carbocycles. The first kappa shape index (κ1) is 15.6. The average Bonchev–Trinajstić information content (AvgIpc) is 3.33. The predicted octanol–water partition coefficient (Wildman–Crippen LogP) is 2.72. The number of nitrogens with one attached hydrogen (secondary N) is 1. The van der Waals surface area contributed by atoms with Crippen molar-refractivity contribution in [3.05, 3.63) is 40.9 Å². The molecule has 1 atom stereocenters. The maximum Gasteiger partial charge on any atom is 0.243 e. The Morgan fingerprint density at radius 3 is 3.29 bits per heavy atom. The van der Waals surface area contributed by atoms with Crippen molar-refractivity contribution in [2.75, 3.05) is 25.0 Å². The van der Waals surface area contributed by atoms with Crippen molar-refractivity contribution in [3.8, 4) is 5.75 Å². The molecule has 1 N–H and O–H groups in total. The molecule has 1 amide bonds. The van der Waals surface area contributed by atoms with Crippen LogP contribution in [0, 0.1) is 0 Å². The Morgan fingerprint density at radius 1 is 1.46 bits per heavy atom. The van der Waals surface area contributed by atoms with Gasteiger partial charge in [0, 0.05) is 24.5 Å². The summed E-state index contributed by atoms with van der Waals surface area (Å²) in [5.41, 5.74) is 2.64. The highest BCUT2D eigenvalue weighted by molar-refractivity contribution is 7.13. The maximum absolute atomic E-state index is 12.5. The van der Waals surface area contributed by atoms with Crippen LogP contribution in [0.2, 0.25) is 0 Å². The van der Waals surface area contributed by atoms with Crippen LogP contribution >= 0.6 is 11.3 Å². The molecular formula is C18H21N3O2S. The van der Waals surface area contributed by atoms with Crippen LogP contribution in [0.25, 0.3) is 0 Å². The van der Waals surface area contributed by atoms with Gasteiger partial charge in [0.1, 0.15) is 5.75 Å². The van der Waals surface area contributed by atoms with E-state index in [-0.39, 0.29) is 11.9 Å². The first-order valence-corrected chi connectivity index (χ1v) is 9.36. The number of likely N-dealkylation sites (tertiary alicyclic amines) is 1. The quantitative estimate of drug-likeness (QED) is 0.907. The van der Waals surface area contributed by atoms with Crippen LogP contribution in [0.15, 0.2) is 29.8 Å². The topological polar surface area (TPSA) is 54.5 Å². The van der Waals surface area contributed by atoms with Gasteiger partial charge in [-0.1, -0.05) is 12.1 Å². The van der Waals surface area contributed by atoms with Crippen molar-refractivity contribution in [2.24, 2.45) is 0 Å². The van der Waals surface area contributed by atoms with Crippen molar-refractivity contribution < 1.29 is 9.53 Å². The summed E-state index contributed by atoms with van der Waals surface area (Å²) in [6.45, 7) is 2.70. The van der Waals surface area contributed by atoms with E-state index in [9.17, 15) is 4.79 Å². The minimum atomic E-state index is -0.0355. The molecule has 6 heteroatoms. The van der Waals surface area contributed by atoms with Crippen LogP contribution in [-0.4, -0.2) is 41.5 Å². The van der Waals surface area contributed by atoms with Gasteiger partial charge < -0.3 is 10.1 Å². The van der Waals surface area contributed by atoms with Gasteiger partial charge in [0.15, 0.2) is 5.13 Å². The van der Waals surface area contributed by atoms with E-state index < -0.39 is 0 Å². The maximum atomic E-state index is 12.5. The lowest BCUT2D eigenvalue weighted by atomic mass is 10.1. The summed E-state index contributed by atoms with van der Waals surface area (Å²) in [6.07, 6.45) is 5.69. The molecule has 2 aromatic rings. The highest BCUT2D eigenvalue weighted by Gasteiger charge is 2.30. The lowest BCUT2D eigenvalue weighted by molar-refractivity contribution is -0.120. The normalized spacial score (nSPS) is 19.9. The van der Waals surface area contributed by atoms with Gasteiger partial charge >= 0.3 is 0 Å². The number of carbonyl (C=O) groups is 1. The molecule has 1 aromatic heterocycles. The van der Waals surface area contributed by atoms with E-state index in [4.69, 9.17) is 4.74 Å². The third kappa shape index (κ3) is 3.30. The summed E-state index contributed by atoms with van der Waals surface area (Å²) >= 11 is 1.46. The Hall–Kier alpha value is -1.92. The van der Waals surface area contributed by atoms with Crippen LogP contribution in [0.1, 0.15) is 24.0 Å². The van der Waals surface area contributed by atoms with Crippen LogP contribution in [0.3, 0.4) is 0 Å². The molecule has 5 nitrogen and oxygen atoms in total. The van der Waals surface area contributed by atoms with Gasteiger partial charge in [-0.2, -0.15) is 0 Å². The molecule has 24 heavy (non-hydrogen) atoms. The number of benzene rings is 1. The molecule has 1 fully saturated rings. The minimum absolute atomic E-state index is 0.0355. The number of carbonyl (C=O) groups excluding carboxylic acids is 1. The number of nitrogens with zero attached hydrogens (tertiary/aromatic N) is 2. The molecule has 3 heterocycles. The number of aromatic nitrogens is 1. The molecule has 126 valence electrons. The zero-order valence-corrected chi connectivity index (χ0v) is 14.3. The fourth-order valence-corrected chi connectivity index (χ4v) is 4.06. The fourth-order valence-electron chi connectivity index (χ4n) is 3.53. The van der Waals surface area contributed by atoms with Crippen molar-refractivity contribution in [3.63, 3.8) is 0 Å². The van der Waals surface area contributed by atoms with Crippen molar-refractivity contribution in [1.29, 1.82) is 0 Å². The Morgan fingerprint density at radius 2 is 2.42 bits per heavy atom. The van der Waals surface area contributed by atoms with Gasteiger partial charge in [0.25, 0.3) is 0 Å². The average molecular weight is 343 g/mol. The molecule has 1 unspecified atom stereocenters. The number of thiazole rings is 1. The third-order valence-electron chi connectivity index (χ3n) is 4.77. The summed E-state index contributed by atoms with van der Waals surface area (Å²) in [4.78, 5) is 18.9. The lowest BCUT2D eigenvalue weighted by Gasteiger charge is -2.23. The van der Waals surface area contributed by atoms with Crippen molar-refractivity contribution in [2.45, 2.75) is 31.7 Å². The monoisotopic (exact) mass is 343 g/mol. The summed E-state index contributed by atoms with van der Waals surface area (Å²) in [5, 5.41) is 5.50. The molecule has 0 bridgehead atoms. The second-order valence-electron chi connectivity index (χ2n) is 6.31. The first-order valence-electron chi connectivity index (χ1n) is 8.48. The zero-order valence-electron chi connectivity index (χ0n) is 13.5. The van der Waals surface area contributed by atoms with Crippen LogP contribution < -0.4 is 10.1 Å². The number of fused-ring (bicyclic) bond motifs is 1. The molecule has 4 rings (SSSR count). The Bertz CT molecular complexity index is 717. The molecular weight excluding hydrogens is 322 g/mol. The summed E-state index contributed by atoms with van der Waals surface area (Å²) in [7, 11) is 0. The summed E-state index contributed by atoms with van der Waals surface area (Å²) in [5.74, 6) is 1.10. The molecule has 2 aliphatic rings. The zero-order chi connectivity index (χ0) is 16.4. The number of amides is 1. The van der Waals surface area contributed by atoms with E-state index in [1.54, 1.807) is 6.20 Å². The number of rotatable bonds is 5. The van der Waals surface area contributed by atoms with Gasteiger partial charge in [-0.25, -0.2) is 4.98 Å². The second-order valence-corrected chi connectivity index (χ2v) is 7.21. The standard InChI is InChI=1S/C18H21N3O2S/c22-17(20-18-19-7-11-24-18)15-2-1-8-21(15)9-5-13-3-4-16-14(12-13)6-10-23-16/h3-4,7,11-12,15H,1-2,5-6,8-10H2,(H,19,20,22). The van der Waals surface area contributed by atoms with Gasteiger partial charge in [-0.15, -0.1) is 11.3 Å². The number of hydrogen-bond donors (Lipinski definition) is 1. The van der Waals surface area contributed by atoms with E-state index in [0.29, 0.717) is 5.13 Å². The molecule has 1 saturated heterocycles. The molecule has 0 saturated carbocycles. The Balaban J connectivity index is 1.36. The van der Waals surface area contributed by atoms with Gasteiger partial charge in [0.2, 0.25) is 5.91 Å². The minimum Gasteiger partial charge on any atom is -0.493 e.